The van der Waals surface area contributed by atoms with E-state index in [0.717, 1.165) is 0 Å². The fraction of sp³-hybridized carbons (Fsp3) is 1.00. The van der Waals surface area contributed by atoms with E-state index in [9.17, 15) is 0 Å². The quantitative estimate of drug-likeness (QED) is 0.219. The minimum atomic E-state index is -3.79. The van der Waals surface area contributed by atoms with Crippen molar-refractivity contribution < 1.29 is 52.2 Å². The summed E-state index contributed by atoms with van der Waals surface area (Å²) in [7, 11) is 0. The molecule has 0 bridgehead atoms. The molecule has 128 valence electrons. The number of hydrogen-bond acceptors (Lipinski definition) is 9. The molecule has 14 N–H and O–H groups in total. The molecule has 0 amide bonds. The van der Waals surface area contributed by atoms with Gasteiger partial charge in [0.15, 0.2) is 0 Å². The summed E-state index contributed by atoms with van der Waals surface area (Å²) in [4.78, 5) is 0. The zero-order valence-electron chi connectivity index (χ0n) is 11.6. The molecule has 0 aliphatic heterocycles. The van der Waals surface area contributed by atoms with E-state index in [-0.39, 0.29) is 26.4 Å². The molecule has 11 nitrogen and oxygen atoms in total. The summed E-state index contributed by atoms with van der Waals surface area (Å²) in [5, 5.41) is 31.0. The van der Waals surface area contributed by atoms with Crippen LogP contribution in [0, 0.1) is 0 Å². The Morgan fingerprint density at radius 2 is 0.650 bits per heavy atom. The van der Waals surface area contributed by atoms with E-state index in [0.29, 0.717) is 26.2 Å². The second-order valence-electron chi connectivity index (χ2n) is 2.33. The number of aliphatic hydroxyl groups is 4. The zero-order valence-corrected chi connectivity index (χ0v) is 14.0. The van der Waals surface area contributed by atoms with Crippen molar-refractivity contribution in [3.63, 3.8) is 0 Å². The topological polar surface area (TPSA) is 243 Å². The maximum absolute atomic E-state index is 8.84. The van der Waals surface area contributed by atoms with Crippen LogP contribution in [-0.2, 0) is 25.4 Å². The molecule has 0 aromatic carbocycles. The van der Waals surface area contributed by atoms with Crippen molar-refractivity contribution in [1.82, 2.24) is 0 Å². The van der Waals surface area contributed by atoms with Crippen LogP contribution in [0.3, 0.4) is 0 Å². The van der Waals surface area contributed by atoms with Crippen molar-refractivity contribution in [2.75, 3.05) is 52.6 Å². The Balaban J connectivity index is -0.0000000469. The van der Waals surface area contributed by atoms with E-state index < -0.39 is 22.6 Å². The van der Waals surface area contributed by atoms with Crippen molar-refractivity contribution in [3.05, 3.63) is 0 Å². The molecule has 0 saturated heterocycles. The molecule has 0 radical (unpaired) electrons. The van der Waals surface area contributed by atoms with Crippen LogP contribution in [0.4, 0.5) is 0 Å². The first-order valence-electron chi connectivity index (χ1n) is 5.55. The number of rotatable bonds is 4. The van der Waals surface area contributed by atoms with Crippen LogP contribution in [0.25, 0.3) is 0 Å². The first-order valence-corrected chi connectivity index (χ1v) is 8.75. The van der Waals surface area contributed by atoms with E-state index in [1.807, 2.05) is 0 Å². The Bertz CT molecular complexity index is 109. The van der Waals surface area contributed by atoms with E-state index in [4.69, 9.17) is 52.5 Å². The van der Waals surface area contributed by atoms with Gasteiger partial charge in [0.2, 0.25) is 0 Å². The summed E-state index contributed by atoms with van der Waals surface area (Å²) < 4.78 is 23.3. The van der Waals surface area contributed by atoms with Gasteiger partial charge in [-0.05, 0) is 0 Å². The molecule has 0 aliphatic carbocycles. The Morgan fingerprint density at radius 1 is 0.600 bits per heavy atom. The van der Waals surface area contributed by atoms with Crippen molar-refractivity contribution in [2.24, 2.45) is 22.9 Å². The van der Waals surface area contributed by atoms with Crippen molar-refractivity contribution >= 4 is 0 Å². The van der Waals surface area contributed by atoms with Gasteiger partial charge in [0, 0.05) is 26.2 Å². The summed E-state index contributed by atoms with van der Waals surface area (Å²) in [6, 6.07) is 0. The average Bonchev–Trinajstić information content (AvgIpc) is 2.47. The average molecular weight is 386 g/mol. The van der Waals surface area contributed by atoms with Crippen LogP contribution in [0.1, 0.15) is 0 Å². The molecular formula is C8H30N4O7Zr. The first-order chi connectivity index (χ1) is 9.39. The molecule has 0 atom stereocenters. The van der Waals surface area contributed by atoms with E-state index in [2.05, 4.69) is 0 Å². The molecule has 12 heteroatoms. The minimum absolute atomic E-state index is 0.0972. The molecule has 0 heterocycles. The molecule has 0 spiro atoms. The molecule has 0 aromatic heterocycles. The van der Waals surface area contributed by atoms with Gasteiger partial charge in [0.1, 0.15) is 0 Å². The molecular weight excluding hydrogens is 355 g/mol. The van der Waals surface area contributed by atoms with Gasteiger partial charge in [-0.2, -0.15) is 0 Å². The van der Waals surface area contributed by atoms with E-state index >= 15 is 0 Å². The third-order valence-corrected chi connectivity index (χ3v) is 0.516. The SMILES string of the molecule is NCCO.NCCO.NCCO.NCCO.[O]=[Zr]([OH])[OH]. The molecule has 0 fully saturated rings. The second kappa shape index (κ2) is 50.6. The van der Waals surface area contributed by atoms with Crippen LogP contribution in [0.2, 0.25) is 0 Å². The Kier molecular flexibility index (Phi) is 81.7. The van der Waals surface area contributed by atoms with Gasteiger partial charge in [-0.3, -0.25) is 0 Å². The van der Waals surface area contributed by atoms with Crippen molar-refractivity contribution in [2.45, 2.75) is 0 Å². The fourth-order valence-electron chi connectivity index (χ4n) is 0. The normalized spacial score (nSPS) is 7.30. The second-order valence-corrected chi connectivity index (χ2v) is 3.72. The summed E-state index contributed by atoms with van der Waals surface area (Å²) >= 11 is -3.79. The van der Waals surface area contributed by atoms with Crippen LogP contribution >= 0.6 is 0 Å². The van der Waals surface area contributed by atoms with Crippen molar-refractivity contribution in [3.8, 4) is 0 Å². The van der Waals surface area contributed by atoms with Gasteiger partial charge >= 0.3 is 31.8 Å². The van der Waals surface area contributed by atoms with Gasteiger partial charge in [-0.25, -0.2) is 0 Å². The van der Waals surface area contributed by atoms with Crippen LogP contribution in [0.5, 0.6) is 0 Å². The molecule has 20 heavy (non-hydrogen) atoms. The number of nitrogens with two attached hydrogens (primary N) is 4. The van der Waals surface area contributed by atoms with E-state index in [1.54, 1.807) is 0 Å². The van der Waals surface area contributed by atoms with Gasteiger partial charge in [-0.1, -0.05) is 0 Å². The Morgan fingerprint density at radius 3 is 0.650 bits per heavy atom. The molecule has 0 unspecified atom stereocenters. The number of aliphatic hydroxyl groups excluding tert-OH is 4. The van der Waals surface area contributed by atoms with Crippen LogP contribution in [-0.4, -0.2) is 79.4 Å². The molecule has 0 aromatic rings. The summed E-state index contributed by atoms with van der Waals surface area (Å²) in [6.07, 6.45) is 0. The molecule has 0 saturated carbocycles. The monoisotopic (exact) mass is 384 g/mol. The summed E-state index contributed by atoms with van der Waals surface area (Å²) in [6.45, 7) is 1.89. The van der Waals surface area contributed by atoms with Crippen LogP contribution in [0.15, 0.2) is 0 Å². The van der Waals surface area contributed by atoms with Gasteiger partial charge < -0.3 is 43.4 Å². The van der Waals surface area contributed by atoms with Crippen molar-refractivity contribution in [1.29, 1.82) is 0 Å². The Labute approximate surface area is 128 Å². The van der Waals surface area contributed by atoms with E-state index in [1.165, 1.54) is 0 Å². The van der Waals surface area contributed by atoms with Gasteiger partial charge in [0.05, 0.1) is 26.4 Å². The predicted molar refractivity (Wildman–Crippen MR) is 69.7 cm³/mol. The molecule has 0 aliphatic rings. The maximum atomic E-state index is 8.84. The molecule has 0 rings (SSSR count). The van der Waals surface area contributed by atoms with Gasteiger partial charge in [0.25, 0.3) is 0 Å². The van der Waals surface area contributed by atoms with Crippen LogP contribution < -0.4 is 22.9 Å². The third kappa shape index (κ3) is 298. The first kappa shape index (κ1) is 32.3. The summed E-state index contributed by atoms with van der Waals surface area (Å²) in [5.74, 6) is 0. The van der Waals surface area contributed by atoms with Gasteiger partial charge in [-0.15, -0.1) is 0 Å². The Hall–Kier alpha value is 0.283. The summed E-state index contributed by atoms with van der Waals surface area (Å²) in [5.41, 5.74) is 19.1. The predicted octanol–water partition coefficient (Wildman–Crippen LogP) is -5.49. The fourth-order valence-corrected chi connectivity index (χ4v) is 0. The number of hydrogen-bond donors (Lipinski definition) is 10. The zero-order chi connectivity index (χ0) is 17.2. The third-order valence-electron chi connectivity index (χ3n) is 0.516. The standard InChI is InChI=1S/4C2H7NO.2H2O.O.Zr/c4*3-1-2-4;;;;/h4*4H,1-3H2;2*1H2;;/q;;;;;;;+2/p-2.